The van der Waals surface area contributed by atoms with Crippen molar-refractivity contribution in [2.24, 2.45) is 0 Å². The van der Waals surface area contributed by atoms with Gasteiger partial charge in [0.1, 0.15) is 23.6 Å². The fourth-order valence-corrected chi connectivity index (χ4v) is 8.62. The zero-order valence-corrected chi connectivity index (χ0v) is 25.2. The maximum absolute atomic E-state index is 16.8. The Morgan fingerprint density at radius 2 is 1.84 bits per heavy atom. The lowest BCUT2D eigenvalue weighted by Crippen LogP contribution is -2.51. The summed E-state index contributed by atoms with van der Waals surface area (Å²) in [5.41, 5.74) is 0.706. The summed E-state index contributed by atoms with van der Waals surface area (Å²) in [6, 6.07) is 11.7. The van der Waals surface area contributed by atoms with Crippen LogP contribution in [0.15, 0.2) is 42.6 Å². The second-order valence-corrected chi connectivity index (χ2v) is 15.1. The van der Waals surface area contributed by atoms with Crippen molar-refractivity contribution in [1.29, 1.82) is 0 Å². The molecule has 3 unspecified atom stereocenters. The Morgan fingerprint density at radius 3 is 2.58 bits per heavy atom. The number of piperazine rings is 1. The summed E-state index contributed by atoms with van der Waals surface area (Å²) >= 11 is 0. The molecule has 4 saturated heterocycles. The lowest BCUT2D eigenvalue weighted by molar-refractivity contribution is 0.108. The highest BCUT2D eigenvalue weighted by atomic mass is 31.2. The van der Waals surface area contributed by atoms with Gasteiger partial charge in [-0.3, -0.25) is 14.4 Å². The number of anilines is 1. The molecule has 2 aromatic carbocycles. The number of fused-ring (bicyclic) bond motifs is 5. The van der Waals surface area contributed by atoms with Crippen molar-refractivity contribution in [2.45, 2.75) is 56.1 Å². The normalized spacial score (nSPS) is 24.5. The fourth-order valence-electron chi connectivity index (χ4n) is 7.88. The third-order valence-electron chi connectivity index (χ3n) is 10.0. The largest absolute Gasteiger partial charge is 0.461 e. The highest BCUT2D eigenvalue weighted by Crippen LogP contribution is 2.41. The van der Waals surface area contributed by atoms with Crippen LogP contribution in [0, 0.1) is 5.82 Å². The Kier molecular flexibility index (Phi) is 6.49. The Labute approximate surface area is 249 Å². The van der Waals surface area contributed by atoms with E-state index >= 15 is 4.39 Å². The van der Waals surface area contributed by atoms with Gasteiger partial charge < -0.3 is 19.8 Å². The molecule has 11 heteroatoms. The molecule has 0 amide bonds. The average molecular weight is 603 g/mol. The summed E-state index contributed by atoms with van der Waals surface area (Å²) < 4.78 is 35.9. The number of nitrogens with zero attached hydrogens (tertiary/aromatic N) is 5. The molecule has 2 N–H and O–H groups in total. The maximum Gasteiger partial charge on any atom is 0.319 e. The molecule has 3 atom stereocenters. The van der Waals surface area contributed by atoms with Gasteiger partial charge in [0.2, 0.25) is 7.37 Å². The quantitative estimate of drug-likeness (QED) is 0.310. The van der Waals surface area contributed by atoms with E-state index in [-0.39, 0.29) is 28.1 Å². The molecule has 224 valence electrons. The standard InChI is InChI=1S/C32H36FN6O3P/c1-43(40,41)23-14-20-6-2-3-7-24(20)25(15-23)28-27(33)29-26(16-34-28)30(38-17-21-8-9-22(18-38)35-21)37-31(36-29)42-19-32-10-4-12-39(32)13-5-11-32/h2-3,6-7,14-16,21-22,35H,4-5,8-13,17-19H2,1H3,(H,40,41). The van der Waals surface area contributed by atoms with Crippen LogP contribution in [0.4, 0.5) is 10.2 Å². The predicted octanol–water partition coefficient (Wildman–Crippen LogP) is 4.46. The van der Waals surface area contributed by atoms with Crippen LogP contribution in [-0.2, 0) is 4.57 Å². The van der Waals surface area contributed by atoms with E-state index < -0.39 is 13.2 Å². The molecule has 4 aliphatic rings. The van der Waals surface area contributed by atoms with Crippen molar-refractivity contribution >= 4 is 40.2 Å². The van der Waals surface area contributed by atoms with Gasteiger partial charge in [0.25, 0.3) is 0 Å². The molecule has 9 nitrogen and oxygen atoms in total. The molecule has 2 aromatic heterocycles. The summed E-state index contributed by atoms with van der Waals surface area (Å²) in [5.74, 6) is 0.0624. The first-order chi connectivity index (χ1) is 20.8. The van der Waals surface area contributed by atoms with E-state index in [2.05, 4.69) is 25.1 Å². The molecule has 4 aliphatic heterocycles. The highest BCUT2D eigenvalue weighted by Gasteiger charge is 2.45. The van der Waals surface area contributed by atoms with Gasteiger partial charge in [-0.05, 0) is 74.5 Å². The van der Waals surface area contributed by atoms with Crippen LogP contribution in [0.1, 0.15) is 38.5 Å². The monoisotopic (exact) mass is 602 g/mol. The Morgan fingerprint density at radius 1 is 1.09 bits per heavy atom. The van der Waals surface area contributed by atoms with Crippen molar-refractivity contribution < 1.29 is 18.6 Å². The van der Waals surface area contributed by atoms with Crippen LogP contribution in [0.3, 0.4) is 0 Å². The van der Waals surface area contributed by atoms with E-state index in [1.54, 1.807) is 18.3 Å². The number of rotatable bonds is 6. The van der Waals surface area contributed by atoms with Crippen molar-refractivity contribution in [3.05, 3.63) is 48.4 Å². The molecule has 43 heavy (non-hydrogen) atoms. The Balaban J connectivity index is 1.27. The number of aromatic nitrogens is 3. The van der Waals surface area contributed by atoms with Crippen LogP contribution >= 0.6 is 7.37 Å². The van der Waals surface area contributed by atoms with Crippen LogP contribution in [0.5, 0.6) is 6.01 Å². The summed E-state index contributed by atoms with van der Waals surface area (Å²) in [7, 11) is -3.61. The van der Waals surface area contributed by atoms with Gasteiger partial charge in [-0.15, -0.1) is 0 Å². The number of ether oxygens (including phenoxy) is 1. The van der Waals surface area contributed by atoms with E-state index in [4.69, 9.17) is 9.72 Å². The van der Waals surface area contributed by atoms with Gasteiger partial charge in [0.15, 0.2) is 5.82 Å². The van der Waals surface area contributed by atoms with Gasteiger partial charge >= 0.3 is 6.01 Å². The minimum atomic E-state index is -3.61. The van der Waals surface area contributed by atoms with Gasteiger partial charge in [-0.1, -0.05) is 24.3 Å². The molecule has 0 saturated carbocycles. The van der Waals surface area contributed by atoms with E-state index in [0.29, 0.717) is 35.5 Å². The summed E-state index contributed by atoms with van der Waals surface area (Å²) in [4.78, 5) is 29.4. The van der Waals surface area contributed by atoms with Crippen LogP contribution in [0.2, 0.25) is 0 Å². The smallest absolute Gasteiger partial charge is 0.319 e. The maximum atomic E-state index is 16.8. The zero-order chi connectivity index (χ0) is 29.3. The summed E-state index contributed by atoms with van der Waals surface area (Å²) in [6.07, 6.45) is 8.37. The van der Waals surface area contributed by atoms with Crippen molar-refractivity contribution in [1.82, 2.24) is 25.2 Å². The van der Waals surface area contributed by atoms with Gasteiger partial charge in [0.05, 0.1) is 10.9 Å². The van der Waals surface area contributed by atoms with E-state index in [1.807, 2.05) is 24.3 Å². The number of pyridine rings is 1. The molecular weight excluding hydrogens is 566 g/mol. The number of halogens is 1. The number of hydrogen-bond donors (Lipinski definition) is 2. The Bertz CT molecular complexity index is 1770. The Hall–Kier alpha value is -3.17. The zero-order valence-electron chi connectivity index (χ0n) is 24.3. The summed E-state index contributed by atoms with van der Waals surface area (Å²) in [6.45, 7) is 5.51. The second kappa shape index (κ2) is 10.2. The lowest BCUT2D eigenvalue weighted by atomic mass is 9.95. The van der Waals surface area contributed by atoms with E-state index in [0.717, 1.165) is 75.5 Å². The van der Waals surface area contributed by atoms with Crippen molar-refractivity contribution in [3.63, 3.8) is 0 Å². The second-order valence-electron chi connectivity index (χ2n) is 12.9. The first kappa shape index (κ1) is 27.4. The minimum absolute atomic E-state index is 0.00627. The van der Waals surface area contributed by atoms with Crippen molar-refractivity contribution in [2.75, 3.05) is 44.4 Å². The predicted molar refractivity (Wildman–Crippen MR) is 166 cm³/mol. The molecule has 0 spiro atoms. The molecule has 0 radical (unpaired) electrons. The first-order valence-corrected chi connectivity index (χ1v) is 17.5. The van der Waals surface area contributed by atoms with Gasteiger partial charge in [-0.25, -0.2) is 4.39 Å². The average Bonchev–Trinajstić information content (AvgIpc) is 3.68. The molecular formula is C32H36FN6O3P. The molecule has 4 aromatic rings. The third-order valence-corrected chi connectivity index (χ3v) is 11.2. The molecule has 8 rings (SSSR count). The van der Waals surface area contributed by atoms with Crippen molar-refractivity contribution in [3.8, 4) is 17.3 Å². The SMILES string of the molecule is CP(=O)(O)c1cc(-c2ncc3c(N4CC5CCC(C4)N5)nc(OCC45CCCN4CCC5)nc3c2F)c2ccccc2c1. The van der Waals surface area contributed by atoms with Gasteiger partial charge in [0, 0.05) is 48.9 Å². The van der Waals surface area contributed by atoms with Gasteiger partial charge in [-0.2, -0.15) is 9.97 Å². The lowest BCUT2D eigenvalue weighted by Gasteiger charge is -2.34. The van der Waals surface area contributed by atoms with Crippen LogP contribution in [-0.4, -0.2) is 81.8 Å². The number of benzene rings is 2. The number of hydrogen-bond acceptors (Lipinski definition) is 8. The first-order valence-electron chi connectivity index (χ1n) is 15.4. The van der Waals surface area contributed by atoms with E-state index in [1.165, 1.54) is 6.66 Å². The van der Waals surface area contributed by atoms with E-state index in [9.17, 15) is 9.46 Å². The number of nitrogens with one attached hydrogen (secondary N) is 1. The highest BCUT2D eigenvalue weighted by molar-refractivity contribution is 7.65. The fraction of sp³-hybridized carbons (Fsp3) is 0.469. The molecule has 4 fully saturated rings. The van der Waals surface area contributed by atoms with Crippen LogP contribution < -0.4 is 20.3 Å². The third kappa shape index (κ3) is 4.70. The van der Waals surface area contributed by atoms with Crippen LogP contribution in [0.25, 0.3) is 32.9 Å². The summed E-state index contributed by atoms with van der Waals surface area (Å²) in [5, 5.41) is 5.95. The molecule has 6 heterocycles. The molecule has 2 bridgehead atoms. The molecule has 0 aliphatic carbocycles. The topological polar surface area (TPSA) is 104 Å². The minimum Gasteiger partial charge on any atom is -0.461 e.